The molecule has 1 saturated heterocycles. The van der Waals surface area contributed by atoms with Gasteiger partial charge >= 0.3 is 0 Å². The van der Waals surface area contributed by atoms with Crippen LogP contribution in [0.2, 0.25) is 0 Å². The van der Waals surface area contributed by atoms with Crippen LogP contribution in [0.15, 0.2) is 23.6 Å². The molecule has 0 radical (unpaired) electrons. The highest BCUT2D eigenvalue weighted by Crippen LogP contribution is 2.16. The first-order valence-electron chi connectivity index (χ1n) is 5.93. The molecule has 18 heavy (non-hydrogen) atoms. The number of β-amino-alcohol motifs (C(OH)–C–C–N with tert-alkyl or cyclic N) is 1. The van der Waals surface area contributed by atoms with E-state index >= 15 is 0 Å². The highest BCUT2D eigenvalue weighted by atomic mass is 32.1. The summed E-state index contributed by atoms with van der Waals surface area (Å²) in [6.45, 7) is 0.998. The largest absolute Gasteiger partial charge is 0.390 e. The minimum atomic E-state index is -0.459. The number of thiophene rings is 1. The van der Waals surface area contributed by atoms with Gasteiger partial charge in [-0.15, -0.1) is 11.3 Å². The van der Waals surface area contributed by atoms with Crippen LogP contribution in [0.25, 0.3) is 6.08 Å². The lowest BCUT2D eigenvalue weighted by Crippen LogP contribution is -2.38. The van der Waals surface area contributed by atoms with Crippen molar-refractivity contribution in [2.24, 2.45) is 0 Å². The molecule has 0 bridgehead atoms. The van der Waals surface area contributed by atoms with Crippen molar-refractivity contribution in [1.29, 1.82) is 0 Å². The molecule has 0 unspecified atom stereocenters. The number of aliphatic hydroxyl groups excluding tert-OH is 1. The first-order chi connectivity index (χ1) is 8.58. The van der Waals surface area contributed by atoms with E-state index in [1.807, 2.05) is 42.6 Å². The van der Waals surface area contributed by atoms with E-state index in [1.54, 1.807) is 22.3 Å². The van der Waals surface area contributed by atoms with Gasteiger partial charge in [-0.2, -0.15) is 0 Å². The van der Waals surface area contributed by atoms with Gasteiger partial charge in [-0.3, -0.25) is 4.79 Å². The minimum Gasteiger partial charge on any atom is -0.390 e. The third-order valence-corrected chi connectivity index (χ3v) is 4.00. The van der Waals surface area contributed by atoms with Crippen molar-refractivity contribution < 1.29 is 9.90 Å². The first kappa shape index (κ1) is 13.3. The van der Waals surface area contributed by atoms with Gasteiger partial charge in [0.15, 0.2) is 0 Å². The molecule has 2 rings (SSSR count). The van der Waals surface area contributed by atoms with E-state index in [0.29, 0.717) is 13.1 Å². The van der Waals surface area contributed by atoms with Crippen molar-refractivity contribution in [3.63, 3.8) is 0 Å². The average molecular weight is 266 g/mol. The number of carbonyl (C=O) groups is 1. The molecule has 1 aliphatic rings. The lowest BCUT2D eigenvalue weighted by atomic mass is 10.2. The zero-order valence-corrected chi connectivity index (χ0v) is 11.4. The van der Waals surface area contributed by atoms with Crippen LogP contribution in [0.5, 0.6) is 0 Å². The second-order valence-electron chi connectivity index (χ2n) is 4.69. The fourth-order valence-electron chi connectivity index (χ4n) is 2.10. The lowest BCUT2D eigenvalue weighted by molar-refractivity contribution is -0.125. The van der Waals surface area contributed by atoms with Gasteiger partial charge in [0.05, 0.1) is 12.1 Å². The van der Waals surface area contributed by atoms with Crippen LogP contribution in [0, 0.1) is 0 Å². The van der Waals surface area contributed by atoms with Crippen LogP contribution in [-0.4, -0.2) is 60.1 Å². The minimum absolute atomic E-state index is 0.0316. The van der Waals surface area contributed by atoms with E-state index in [9.17, 15) is 9.90 Å². The summed E-state index contributed by atoms with van der Waals surface area (Å²) in [6, 6.07) is 3.95. The van der Waals surface area contributed by atoms with Gasteiger partial charge in [-0.05, 0) is 31.6 Å². The van der Waals surface area contributed by atoms with Gasteiger partial charge in [0.25, 0.3) is 0 Å². The van der Waals surface area contributed by atoms with Gasteiger partial charge in [0.2, 0.25) is 5.91 Å². The normalized spacial score (nSPS) is 24.3. The van der Waals surface area contributed by atoms with E-state index in [1.165, 1.54) is 0 Å². The number of aliphatic hydroxyl groups is 1. The number of hydrogen-bond donors (Lipinski definition) is 1. The number of likely N-dealkylation sites (N-methyl/N-ethyl adjacent to an activating group) is 1. The Morgan fingerprint density at radius 3 is 2.89 bits per heavy atom. The fourth-order valence-corrected chi connectivity index (χ4v) is 2.72. The first-order valence-corrected chi connectivity index (χ1v) is 6.81. The third kappa shape index (κ3) is 2.98. The van der Waals surface area contributed by atoms with E-state index in [0.717, 1.165) is 4.88 Å². The molecule has 0 aromatic carbocycles. The van der Waals surface area contributed by atoms with Gasteiger partial charge in [-0.1, -0.05) is 6.07 Å². The Hall–Kier alpha value is -1.17. The van der Waals surface area contributed by atoms with Crippen LogP contribution in [0.1, 0.15) is 4.88 Å². The molecule has 1 aliphatic heterocycles. The Bertz CT molecular complexity index is 428. The molecule has 1 fully saturated rings. The summed E-state index contributed by atoms with van der Waals surface area (Å²) in [7, 11) is 3.84. The SMILES string of the molecule is CN(C)[C@@H]1CN(C(=O)/C=C/c2cccs2)C[C@H]1O. The topological polar surface area (TPSA) is 43.8 Å². The second-order valence-corrected chi connectivity index (χ2v) is 5.67. The van der Waals surface area contributed by atoms with Crippen LogP contribution in [0.4, 0.5) is 0 Å². The number of carbonyl (C=O) groups excluding carboxylic acids is 1. The molecule has 2 atom stereocenters. The molecule has 1 aromatic heterocycles. The van der Waals surface area contributed by atoms with E-state index in [-0.39, 0.29) is 11.9 Å². The maximum absolute atomic E-state index is 12.0. The molecule has 1 amide bonds. The molecule has 2 heterocycles. The Balaban J connectivity index is 1.95. The van der Waals surface area contributed by atoms with Crippen molar-refractivity contribution >= 4 is 23.3 Å². The molecule has 0 saturated carbocycles. The number of likely N-dealkylation sites (tertiary alicyclic amines) is 1. The summed E-state index contributed by atoms with van der Waals surface area (Å²) in [5, 5.41) is 11.9. The van der Waals surface area contributed by atoms with E-state index in [2.05, 4.69) is 0 Å². The summed E-state index contributed by atoms with van der Waals surface area (Å²) in [5.74, 6) is -0.0354. The number of nitrogens with zero attached hydrogens (tertiary/aromatic N) is 2. The molecular formula is C13H18N2O2S. The second kappa shape index (κ2) is 5.65. The van der Waals surface area contributed by atoms with Crippen molar-refractivity contribution in [2.75, 3.05) is 27.2 Å². The molecule has 1 aromatic rings. The lowest BCUT2D eigenvalue weighted by Gasteiger charge is -2.21. The zero-order chi connectivity index (χ0) is 13.1. The summed E-state index contributed by atoms with van der Waals surface area (Å²) in [5.41, 5.74) is 0. The molecule has 5 heteroatoms. The Morgan fingerprint density at radius 1 is 1.56 bits per heavy atom. The van der Waals surface area contributed by atoms with Gasteiger partial charge in [0, 0.05) is 24.0 Å². The standard InChI is InChI=1S/C13H18N2O2S/c1-14(2)11-8-15(9-12(11)16)13(17)6-5-10-4-3-7-18-10/h3-7,11-12,16H,8-9H2,1-2H3/b6-5+/t11-,12-/m1/s1. The number of amides is 1. The molecular weight excluding hydrogens is 248 g/mol. The van der Waals surface area contributed by atoms with E-state index < -0.39 is 6.10 Å². The maximum Gasteiger partial charge on any atom is 0.246 e. The fraction of sp³-hybridized carbons (Fsp3) is 0.462. The average Bonchev–Trinajstić information content (AvgIpc) is 2.94. The highest BCUT2D eigenvalue weighted by molar-refractivity contribution is 7.10. The zero-order valence-electron chi connectivity index (χ0n) is 10.6. The van der Waals surface area contributed by atoms with Crippen molar-refractivity contribution in [3.8, 4) is 0 Å². The predicted octanol–water partition coefficient (Wildman–Crippen LogP) is 0.895. The van der Waals surface area contributed by atoms with Gasteiger partial charge in [0.1, 0.15) is 0 Å². The van der Waals surface area contributed by atoms with Crippen molar-refractivity contribution in [3.05, 3.63) is 28.5 Å². The predicted molar refractivity (Wildman–Crippen MR) is 73.4 cm³/mol. The Labute approximate surface area is 111 Å². The van der Waals surface area contributed by atoms with Crippen LogP contribution in [-0.2, 0) is 4.79 Å². The van der Waals surface area contributed by atoms with Gasteiger partial charge < -0.3 is 14.9 Å². The van der Waals surface area contributed by atoms with Crippen molar-refractivity contribution in [2.45, 2.75) is 12.1 Å². The van der Waals surface area contributed by atoms with Crippen LogP contribution >= 0.6 is 11.3 Å². The monoisotopic (exact) mass is 266 g/mol. The van der Waals surface area contributed by atoms with E-state index in [4.69, 9.17) is 0 Å². The third-order valence-electron chi connectivity index (χ3n) is 3.17. The summed E-state index contributed by atoms with van der Waals surface area (Å²) < 4.78 is 0. The smallest absolute Gasteiger partial charge is 0.246 e. The Morgan fingerprint density at radius 2 is 2.33 bits per heavy atom. The quantitative estimate of drug-likeness (QED) is 0.827. The number of hydrogen-bond acceptors (Lipinski definition) is 4. The van der Waals surface area contributed by atoms with Crippen LogP contribution in [0.3, 0.4) is 0 Å². The van der Waals surface area contributed by atoms with Crippen molar-refractivity contribution in [1.82, 2.24) is 9.80 Å². The van der Waals surface area contributed by atoms with Gasteiger partial charge in [-0.25, -0.2) is 0 Å². The highest BCUT2D eigenvalue weighted by Gasteiger charge is 2.34. The summed E-state index contributed by atoms with van der Waals surface area (Å²) >= 11 is 1.60. The summed E-state index contributed by atoms with van der Waals surface area (Å²) in [6.07, 6.45) is 2.94. The van der Waals surface area contributed by atoms with Crippen LogP contribution < -0.4 is 0 Å². The molecule has 1 N–H and O–H groups in total. The molecule has 0 aliphatic carbocycles. The Kier molecular flexibility index (Phi) is 4.16. The molecule has 0 spiro atoms. The maximum atomic E-state index is 12.0. The molecule has 98 valence electrons. The molecule has 4 nitrogen and oxygen atoms in total. The summed E-state index contributed by atoms with van der Waals surface area (Å²) in [4.78, 5) is 16.7. The number of rotatable bonds is 3.